The fourth-order valence-electron chi connectivity index (χ4n) is 2.59. The molecule has 0 radical (unpaired) electrons. The minimum atomic E-state index is -0.235. The first-order chi connectivity index (χ1) is 9.11. The highest BCUT2D eigenvalue weighted by Crippen LogP contribution is 2.24. The largest absolute Gasteiger partial charge is 0.392 e. The van der Waals surface area contributed by atoms with Crippen molar-refractivity contribution in [3.8, 4) is 0 Å². The highest BCUT2D eigenvalue weighted by Gasteiger charge is 2.40. The van der Waals surface area contributed by atoms with E-state index in [9.17, 15) is 9.59 Å². The van der Waals surface area contributed by atoms with Crippen LogP contribution in [-0.2, 0) is 9.59 Å². The highest BCUT2D eigenvalue weighted by atomic mass is 16.2. The molecule has 0 bridgehead atoms. The van der Waals surface area contributed by atoms with Gasteiger partial charge in [-0.25, -0.2) is 0 Å². The first kappa shape index (κ1) is 14.0. The molecule has 2 rings (SSSR count). The number of hydrogen-bond acceptors (Lipinski definition) is 4. The Morgan fingerprint density at radius 2 is 2.16 bits per heavy atom. The number of hydrogen-bond donors (Lipinski definition) is 2. The van der Waals surface area contributed by atoms with E-state index in [0.717, 1.165) is 13.1 Å². The molecule has 2 N–H and O–H groups in total. The summed E-state index contributed by atoms with van der Waals surface area (Å²) in [6, 6.07) is 0.282. The SMILES string of the molecule is CN1CC(N2CC(C(=O)NCC=CCO)CC2=O)C1. The number of likely N-dealkylation sites (tertiary alicyclic amines) is 2. The average molecular weight is 267 g/mol. The minimum Gasteiger partial charge on any atom is -0.392 e. The Hall–Kier alpha value is -1.40. The summed E-state index contributed by atoms with van der Waals surface area (Å²) < 4.78 is 0. The molecule has 0 aromatic rings. The first-order valence-electron chi connectivity index (χ1n) is 6.63. The second kappa shape index (κ2) is 6.16. The molecule has 19 heavy (non-hydrogen) atoms. The van der Waals surface area contributed by atoms with E-state index in [1.807, 2.05) is 11.9 Å². The summed E-state index contributed by atoms with van der Waals surface area (Å²) in [5.41, 5.74) is 0. The second-order valence-corrected chi connectivity index (χ2v) is 5.22. The number of carbonyl (C=O) groups is 2. The van der Waals surface area contributed by atoms with Crippen LogP contribution in [0.15, 0.2) is 12.2 Å². The van der Waals surface area contributed by atoms with Crippen molar-refractivity contribution in [1.82, 2.24) is 15.1 Å². The Balaban J connectivity index is 1.78. The zero-order valence-corrected chi connectivity index (χ0v) is 11.2. The molecular weight excluding hydrogens is 246 g/mol. The topological polar surface area (TPSA) is 72.9 Å². The van der Waals surface area contributed by atoms with Crippen molar-refractivity contribution in [2.24, 2.45) is 5.92 Å². The van der Waals surface area contributed by atoms with Crippen molar-refractivity contribution in [2.45, 2.75) is 12.5 Å². The van der Waals surface area contributed by atoms with E-state index >= 15 is 0 Å². The fourth-order valence-corrected chi connectivity index (χ4v) is 2.59. The van der Waals surface area contributed by atoms with E-state index in [0.29, 0.717) is 19.5 Å². The van der Waals surface area contributed by atoms with Crippen LogP contribution in [0.1, 0.15) is 6.42 Å². The molecule has 1 unspecified atom stereocenters. The maximum absolute atomic E-state index is 11.9. The monoisotopic (exact) mass is 267 g/mol. The van der Waals surface area contributed by atoms with E-state index in [-0.39, 0.29) is 30.4 Å². The number of nitrogens with one attached hydrogen (secondary N) is 1. The molecular formula is C13H21N3O3. The number of aliphatic hydroxyl groups is 1. The van der Waals surface area contributed by atoms with Gasteiger partial charge in [0.25, 0.3) is 0 Å². The van der Waals surface area contributed by atoms with Gasteiger partial charge in [-0.15, -0.1) is 0 Å². The van der Waals surface area contributed by atoms with Crippen LogP contribution in [-0.4, -0.2) is 72.6 Å². The van der Waals surface area contributed by atoms with Crippen LogP contribution in [0, 0.1) is 5.92 Å². The molecule has 1 atom stereocenters. The smallest absolute Gasteiger partial charge is 0.225 e. The third-order valence-electron chi connectivity index (χ3n) is 3.68. The Labute approximate surface area is 113 Å². The summed E-state index contributed by atoms with van der Waals surface area (Å²) >= 11 is 0. The van der Waals surface area contributed by atoms with Crippen molar-refractivity contribution in [3.05, 3.63) is 12.2 Å². The quantitative estimate of drug-likeness (QED) is 0.615. The summed E-state index contributed by atoms with van der Waals surface area (Å²) in [5, 5.41) is 11.3. The average Bonchev–Trinajstić information content (AvgIpc) is 2.72. The van der Waals surface area contributed by atoms with Crippen LogP contribution in [0.25, 0.3) is 0 Å². The summed E-state index contributed by atoms with van der Waals surface area (Å²) in [6.45, 7) is 2.71. The normalized spacial score (nSPS) is 25.1. The van der Waals surface area contributed by atoms with Gasteiger partial charge in [0.15, 0.2) is 0 Å². The van der Waals surface area contributed by atoms with E-state index in [1.165, 1.54) is 0 Å². The molecule has 2 saturated heterocycles. The molecule has 6 nitrogen and oxygen atoms in total. The maximum atomic E-state index is 11.9. The molecule has 2 heterocycles. The van der Waals surface area contributed by atoms with E-state index in [2.05, 4.69) is 10.2 Å². The Kier molecular flexibility index (Phi) is 4.55. The minimum absolute atomic E-state index is 0.0270. The number of aliphatic hydroxyl groups excluding tert-OH is 1. The van der Waals surface area contributed by atoms with Crippen molar-refractivity contribution in [3.63, 3.8) is 0 Å². The van der Waals surface area contributed by atoms with Crippen molar-refractivity contribution >= 4 is 11.8 Å². The number of rotatable bonds is 5. The number of likely N-dealkylation sites (N-methyl/N-ethyl adjacent to an activating group) is 1. The van der Waals surface area contributed by atoms with Gasteiger partial charge < -0.3 is 20.2 Å². The maximum Gasteiger partial charge on any atom is 0.225 e. The van der Waals surface area contributed by atoms with Crippen molar-refractivity contribution in [1.29, 1.82) is 0 Å². The lowest BCUT2D eigenvalue weighted by molar-refractivity contribution is -0.132. The van der Waals surface area contributed by atoms with Gasteiger partial charge in [-0.2, -0.15) is 0 Å². The number of amides is 2. The predicted molar refractivity (Wildman–Crippen MR) is 70.3 cm³/mol. The first-order valence-corrected chi connectivity index (χ1v) is 6.63. The number of nitrogens with zero attached hydrogens (tertiary/aromatic N) is 2. The summed E-state index contributed by atoms with van der Waals surface area (Å²) in [7, 11) is 2.02. The second-order valence-electron chi connectivity index (χ2n) is 5.22. The molecule has 2 amide bonds. The van der Waals surface area contributed by atoms with Gasteiger partial charge in [0.1, 0.15) is 0 Å². The van der Waals surface area contributed by atoms with E-state index in [1.54, 1.807) is 12.2 Å². The molecule has 2 fully saturated rings. The van der Waals surface area contributed by atoms with Crippen LogP contribution < -0.4 is 5.32 Å². The van der Waals surface area contributed by atoms with Crippen LogP contribution >= 0.6 is 0 Å². The number of carbonyl (C=O) groups excluding carboxylic acids is 2. The fraction of sp³-hybridized carbons (Fsp3) is 0.692. The molecule has 0 aliphatic carbocycles. The van der Waals surface area contributed by atoms with Gasteiger partial charge in [-0.3, -0.25) is 9.59 Å². The van der Waals surface area contributed by atoms with Gasteiger partial charge in [0.2, 0.25) is 11.8 Å². The van der Waals surface area contributed by atoms with Gasteiger partial charge in [0.05, 0.1) is 18.6 Å². The Morgan fingerprint density at radius 3 is 2.79 bits per heavy atom. The third-order valence-corrected chi connectivity index (χ3v) is 3.68. The van der Waals surface area contributed by atoms with Crippen LogP contribution in [0.3, 0.4) is 0 Å². The summed E-state index contributed by atoms with van der Waals surface area (Å²) in [5.74, 6) is -0.226. The molecule has 0 spiro atoms. The van der Waals surface area contributed by atoms with Crippen LogP contribution in [0.5, 0.6) is 0 Å². The molecule has 0 aromatic carbocycles. The lowest BCUT2D eigenvalue weighted by Crippen LogP contribution is -2.58. The summed E-state index contributed by atoms with van der Waals surface area (Å²) in [6.07, 6.45) is 3.60. The van der Waals surface area contributed by atoms with E-state index in [4.69, 9.17) is 5.11 Å². The summed E-state index contributed by atoms with van der Waals surface area (Å²) in [4.78, 5) is 27.8. The lowest BCUT2D eigenvalue weighted by Gasteiger charge is -2.42. The lowest BCUT2D eigenvalue weighted by atomic mass is 10.1. The standard InChI is InChI=1S/C13H21N3O3/c1-15-8-11(9-15)16-7-10(6-12(16)18)13(19)14-4-2-3-5-17/h2-3,10-11,17H,4-9H2,1H3,(H,14,19). The Morgan fingerprint density at radius 1 is 1.42 bits per heavy atom. The van der Waals surface area contributed by atoms with Crippen LogP contribution in [0.4, 0.5) is 0 Å². The predicted octanol–water partition coefficient (Wildman–Crippen LogP) is -1.19. The van der Waals surface area contributed by atoms with Crippen molar-refractivity contribution in [2.75, 3.05) is 39.8 Å². The van der Waals surface area contributed by atoms with Gasteiger partial charge in [-0.05, 0) is 7.05 Å². The van der Waals surface area contributed by atoms with Gasteiger partial charge >= 0.3 is 0 Å². The third kappa shape index (κ3) is 3.33. The zero-order valence-electron chi connectivity index (χ0n) is 11.2. The zero-order chi connectivity index (χ0) is 13.8. The molecule has 0 aromatic heterocycles. The molecule has 0 saturated carbocycles. The Bertz CT molecular complexity index is 377. The molecule has 2 aliphatic rings. The molecule has 2 aliphatic heterocycles. The molecule has 106 valence electrons. The highest BCUT2D eigenvalue weighted by molar-refractivity contribution is 5.89. The van der Waals surface area contributed by atoms with Gasteiger partial charge in [-0.1, -0.05) is 12.2 Å². The van der Waals surface area contributed by atoms with Crippen LogP contribution in [0.2, 0.25) is 0 Å². The molecule has 6 heteroatoms. The van der Waals surface area contributed by atoms with Crippen molar-refractivity contribution < 1.29 is 14.7 Å². The van der Waals surface area contributed by atoms with E-state index < -0.39 is 0 Å². The van der Waals surface area contributed by atoms with Gasteiger partial charge in [0, 0.05) is 32.6 Å².